The van der Waals surface area contributed by atoms with Crippen molar-refractivity contribution in [2.45, 2.75) is 77.7 Å². The summed E-state index contributed by atoms with van der Waals surface area (Å²) in [6, 6.07) is 0. The minimum Gasteiger partial charge on any atom is -0.351 e. The number of hydrogen-bond acceptors (Lipinski definition) is 1. The number of alkyl halides is 1. The summed E-state index contributed by atoms with van der Waals surface area (Å²) in [5.41, 5.74) is -0.169. The summed E-state index contributed by atoms with van der Waals surface area (Å²) >= 11 is 5.77. The van der Waals surface area contributed by atoms with Gasteiger partial charge in [0.05, 0.1) is 0 Å². The molecule has 1 fully saturated rings. The molecular formula is C16H30ClNO. The zero-order valence-corrected chi connectivity index (χ0v) is 13.6. The molecule has 0 aromatic heterocycles. The van der Waals surface area contributed by atoms with Crippen molar-refractivity contribution in [3.05, 3.63) is 0 Å². The molecule has 112 valence electrons. The summed E-state index contributed by atoms with van der Waals surface area (Å²) in [4.78, 5) is 12.3. The third-order valence-electron chi connectivity index (χ3n) is 4.36. The van der Waals surface area contributed by atoms with Crippen LogP contribution in [0.5, 0.6) is 0 Å². The second-order valence-corrected chi connectivity index (χ2v) is 7.05. The third-order valence-corrected chi connectivity index (χ3v) is 4.55. The largest absolute Gasteiger partial charge is 0.351 e. The van der Waals surface area contributed by atoms with E-state index in [1.54, 1.807) is 0 Å². The van der Waals surface area contributed by atoms with Crippen molar-refractivity contribution in [1.82, 2.24) is 5.32 Å². The Morgan fingerprint density at radius 3 is 2.42 bits per heavy atom. The predicted octanol–water partition coefficient (Wildman–Crippen LogP) is 4.51. The maximum absolute atomic E-state index is 12.3. The molecule has 0 atom stereocenters. The number of halogens is 1. The van der Waals surface area contributed by atoms with E-state index < -0.39 is 0 Å². The molecule has 19 heavy (non-hydrogen) atoms. The van der Waals surface area contributed by atoms with E-state index in [4.69, 9.17) is 11.6 Å². The number of carbonyl (C=O) groups excluding carboxylic acids is 1. The van der Waals surface area contributed by atoms with E-state index in [2.05, 4.69) is 26.1 Å². The molecule has 1 aliphatic rings. The van der Waals surface area contributed by atoms with Gasteiger partial charge in [0.2, 0.25) is 5.91 Å². The van der Waals surface area contributed by atoms with E-state index in [0.29, 0.717) is 5.88 Å². The van der Waals surface area contributed by atoms with Crippen LogP contribution in [0.1, 0.15) is 72.1 Å². The molecule has 0 unspecified atom stereocenters. The summed E-state index contributed by atoms with van der Waals surface area (Å²) in [6.45, 7) is 6.36. The van der Waals surface area contributed by atoms with Gasteiger partial charge in [0.1, 0.15) is 0 Å². The first kappa shape index (κ1) is 16.8. The number of unbranched alkanes of at least 4 members (excludes halogenated alkanes) is 1. The first-order valence-corrected chi connectivity index (χ1v) is 8.40. The van der Waals surface area contributed by atoms with Crippen LogP contribution in [0, 0.1) is 11.8 Å². The first-order valence-electron chi connectivity index (χ1n) is 7.86. The lowest BCUT2D eigenvalue weighted by atomic mass is 9.79. The Kier molecular flexibility index (Phi) is 7.20. The second-order valence-electron chi connectivity index (χ2n) is 6.67. The second kappa shape index (κ2) is 8.14. The highest BCUT2D eigenvalue weighted by Crippen LogP contribution is 2.32. The summed E-state index contributed by atoms with van der Waals surface area (Å²) in [6.07, 6.45) is 9.39. The van der Waals surface area contributed by atoms with E-state index in [0.717, 1.165) is 25.2 Å². The van der Waals surface area contributed by atoms with Gasteiger partial charge < -0.3 is 5.32 Å². The fourth-order valence-electron chi connectivity index (χ4n) is 2.94. The van der Waals surface area contributed by atoms with Crippen LogP contribution in [0.4, 0.5) is 0 Å². The van der Waals surface area contributed by atoms with Crippen LogP contribution in [-0.2, 0) is 4.79 Å². The minimum absolute atomic E-state index is 0.169. The Morgan fingerprint density at radius 1 is 1.26 bits per heavy atom. The molecule has 0 aliphatic heterocycles. The van der Waals surface area contributed by atoms with Gasteiger partial charge in [0.25, 0.3) is 0 Å². The van der Waals surface area contributed by atoms with Crippen LogP contribution in [0.25, 0.3) is 0 Å². The SMILES string of the molecule is CCCCC1CCC(C(=O)NC(C)(C)CCCl)CC1. The van der Waals surface area contributed by atoms with Gasteiger partial charge in [-0.15, -0.1) is 11.6 Å². The van der Waals surface area contributed by atoms with Crippen molar-refractivity contribution in [2.24, 2.45) is 11.8 Å². The molecule has 0 saturated heterocycles. The lowest BCUT2D eigenvalue weighted by Crippen LogP contribution is -2.47. The van der Waals surface area contributed by atoms with E-state index in [9.17, 15) is 4.79 Å². The molecule has 1 N–H and O–H groups in total. The fraction of sp³-hybridized carbons (Fsp3) is 0.938. The Labute approximate surface area is 123 Å². The zero-order valence-electron chi connectivity index (χ0n) is 12.8. The molecule has 1 saturated carbocycles. The Hall–Kier alpha value is -0.240. The summed E-state index contributed by atoms with van der Waals surface area (Å²) < 4.78 is 0. The van der Waals surface area contributed by atoms with Crippen LogP contribution in [0.15, 0.2) is 0 Å². The van der Waals surface area contributed by atoms with Gasteiger partial charge in [-0.3, -0.25) is 4.79 Å². The van der Waals surface area contributed by atoms with Crippen LogP contribution >= 0.6 is 11.6 Å². The monoisotopic (exact) mass is 287 g/mol. The minimum atomic E-state index is -0.169. The summed E-state index contributed by atoms with van der Waals surface area (Å²) in [5, 5.41) is 3.16. The smallest absolute Gasteiger partial charge is 0.223 e. The van der Waals surface area contributed by atoms with Gasteiger partial charge in [-0.2, -0.15) is 0 Å². The van der Waals surface area contributed by atoms with E-state index in [1.807, 2.05) is 0 Å². The molecule has 2 nitrogen and oxygen atoms in total. The Bertz CT molecular complexity index is 270. The average Bonchev–Trinajstić information content (AvgIpc) is 2.36. The van der Waals surface area contributed by atoms with Gasteiger partial charge >= 0.3 is 0 Å². The lowest BCUT2D eigenvalue weighted by Gasteiger charge is -2.32. The molecule has 0 heterocycles. The van der Waals surface area contributed by atoms with Crippen LogP contribution in [0.2, 0.25) is 0 Å². The molecule has 0 radical (unpaired) electrons. The van der Waals surface area contributed by atoms with Crippen molar-refractivity contribution in [1.29, 1.82) is 0 Å². The van der Waals surface area contributed by atoms with Gasteiger partial charge in [-0.25, -0.2) is 0 Å². The predicted molar refractivity (Wildman–Crippen MR) is 82.5 cm³/mol. The molecule has 1 aliphatic carbocycles. The van der Waals surface area contributed by atoms with Crippen molar-refractivity contribution >= 4 is 17.5 Å². The molecule has 1 rings (SSSR count). The van der Waals surface area contributed by atoms with Crippen molar-refractivity contribution in [3.8, 4) is 0 Å². The highest BCUT2D eigenvalue weighted by atomic mass is 35.5. The summed E-state index contributed by atoms with van der Waals surface area (Å²) in [5.74, 6) is 1.92. The molecule has 0 aromatic rings. The van der Waals surface area contributed by atoms with Crippen molar-refractivity contribution in [2.75, 3.05) is 5.88 Å². The number of carbonyl (C=O) groups is 1. The normalized spacial score (nSPS) is 24.2. The lowest BCUT2D eigenvalue weighted by molar-refractivity contribution is -0.127. The van der Waals surface area contributed by atoms with Crippen LogP contribution in [-0.4, -0.2) is 17.3 Å². The average molecular weight is 288 g/mol. The van der Waals surface area contributed by atoms with Crippen molar-refractivity contribution in [3.63, 3.8) is 0 Å². The molecule has 0 bridgehead atoms. The molecular weight excluding hydrogens is 258 g/mol. The number of nitrogens with one attached hydrogen (secondary N) is 1. The maximum Gasteiger partial charge on any atom is 0.223 e. The standard InChI is InChI=1S/C16H30ClNO/c1-4-5-6-13-7-9-14(10-8-13)15(19)18-16(2,3)11-12-17/h13-14H,4-12H2,1-3H3,(H,18,19). The number of hydrogen-bond donors (Lipinski definition) is 1. The molecule has 0 spiro atoms. The van der Waals surface area contributed by atoms with Gasteiger partial charge in [-0.1, -0.05) is 26.2 Å². The van der Waals surface area contributed by atoms with Gasteiger partial charge in [0.15, 0.2) is 0 Å². The third kappa shape index (κ3) is 6.16. The molecule has 3 heteroatoms. The van der Waals surface area contributed by atoms with E-state index >= 15 is 0 Å². The van der Waals surface area contributed by atoms with Gasteiger partial charge in [0, 0.05) is 17.3 Å². The molecule has 1 amide bonds. The highest BCUT2D eigenvalue weighted by molar-refractivity contribution is 6.17. The summed E-state index contributed by atoms with van der Waals surface area (Å²) in [7, 11) is 0. The fourth-order valence-corrected chi connectivity index (χ4v) is 3.41. The first-order chi connectivity index (χ1) is 8.98. The quantitative estimate of drug-likeness (QED) is 0.686. The van der Waals surface area contributed by atoms with Crippen LogP contribution < -0.4 is 5.32 Å². The van der Waals surface area contributed by atoms with Crippen LogP contribution in [0.3, 0.4) is 0 Å². The maximum atomic E-state index is 12.3. The van der Waals surface area contributed by atoms with Crippen molar-refractivity contribution < 1.29 is 4.79 Å². The van der Waals surface area contributed by atoms with E-state index in [1.165, 1.54) is 32.1 Å². The number of amides is 1. The van der Waals surface area contributed by atoms with Gasteiger partial charge in [-0.05, 0) is 51.9 Å². The number of rotatable bonds is 7. The Morgan fingerprint density at radius 2 is 1.89 bits per heavy atom. The van der Waals surface area contributed by atoms with E-state index in [-0.39, 0.29) is 17.4 Å². The zero-order chi connectivity index (χ0) is 14.3. The Balaban J connectivity index is 2.32. The topological polar surface area (TPSA) is 29.1 Å². The molecule has 0 aromatic carbocycles. The highest BCUT2D eigenvalue weighted by Gasteiger charge is 2.29.